The Morgan fingerprint density at radius 2 is 1.76 bits per heavy atom. The molecule has 2 rings (SSSR count). The van der Waals surface area contributed by atoms with Gasteiger partial charge in [0.05, 0.1) is 7.11 Å². The number of carbonyl (C=O) groups is 3. The minimum Gasteiger partial charge on any atom is -0.467 e. The molecule has 0 fully saturated rings. The first-order chi connectivity index (χ1) is 13.6. The average Bonchev–Trinajstić information content (AvgIpc) is 2.67. The fourth-order valence-electron chi connectivity index (χ4n) is 2.60. The van der Waals surface area contributed by atoms with Gasteiger partial charge >= 0.3 is 12.1 Å². The molecule has 8 heteroatoms. The molecule has 6 nitrogen and oxygen atoms in total. The van der Waals surface area contributed by atoms with Gasteiger partial charge in [-0.1, -0.05) is 54.2 Å². The highest BCUT2D eigenvalue weighted by molar-refractivity contribution is 8.13. The third-order valence-electron chi connectivity index (χ3n) is 3.87. The molecule has 0 radical (unpaired) electrons. The molecule has 0 heterocycles. The molecule has 0 aromatic heterocycles. The maximum atomic E-state index is 14.9. The van der Waals surface area contributed by atoms with Crippen LogP contribution in [0.25, 0.3) is 10.8 Å². The number of hydrogen-bond acceptors (Lipinski definition) is 6. The number of alkyl halides is 1. The van der Waals surface area contributed by atoms with E-state index in [1.54, 1.807) is 45.0 Å². The van der Waals surface area contributed by atoms with E-state index in [1.165, 1.54) is 0 Å². The van der Waals surface area contributed by atoms with Gasteiger partial charge in [-0.2, -0.15) is 0 Å². The minimum atomic E-state index is -1.87. The van der Waals surface area contributed by atoms with Crippen LogP contribution in [0.15, 0.2) is 42.5 Å². The summed E-state index contributed by atoms with van der Waals surface area (Å²) >= 11 is 0.615. The van der Waals surface area contributed by atoms with Crippen molar-refractivity contribution in [2.45, 2.75) is 38.6 Å². The summed E-state index contributed by atoms with van der Waals surface area (Å²) in [5.41, 5.74) is -0.498. The monoisotopic (exact) mass is 421 g/mol. The summed E-state index contributed by atoms with van der Waals surface area (Å²) in [4.78, 5) is 36.3. The van der Waals surface area contributed by atoms with E-state index >= 15 is 0 Å². The standard InChI is InChI=1S/C21H24FNO5S/c1-21(2,3)28-20(26)23-16(18(24)27-4)12-29-19(25)17(22)15-11-7-9-13-8-5-6-10-14(13)15/h5-11,16-17H,12H2,1-4H3,(H,23,26)/t16?,17-/m1/s1. The summed E-state index contributed by atoms with van der Waals surface area (Å²) in [6, 6.07) is 11.1. The molecule has 1 N–H and O–H groups in total. The Labute approximate surface area is 173 Å². The zero-order valence-electron chi connectivity index (χ0n) is 16.7. The van der Waals surface area contributed by atoms with Crippen LogP contribution in [0.4, 0.5) is 9.18 Å². The molecule has 2 atom stereocenters. The molecule has 29 heavy (non-hydrogen) atoms. The maximum Gasteiger partial charge on any atom is 0.408 e. The summed E-state index contributed by atoms with van der Waals surface area (Å²) in [5, 5.41) is 3.06. The predicted molar refractivity (Wildman–Crippen MR) is 110 cm³/mol. The molecular formula is C21H24FNO5S. The Morgan fingerprint density at radius 1 is 1.10 bits per heavy atom. The van der Waals surface area contributed by atoms with Crippen molar-refractivity contribution >= 4 is 39.7 Å². The van der Waals surface area contributed by atoms with Gasteiger partial charge < -0.3 is 14.8 Å². The molecule has 0 aliphatic rings. The number of benzene rings is 2. The van der Waals surface area contributed by atoms with Gasteiger partial charge in [-0.15, -0.1) is 0 Å². The van der Waals surface area contributed by atoms with Crippen LogP contribution in [0.1, 0.15) is 32.5 Å². The third-order valence-corrected chi connectivity index (χ3v) is 4.86. The number of hydrogen-bond donors (Lipinski definition) is 1. The third kappa shape index (κ3) is 6.45. The lowest BCUT2D eigenvalue weighted by molar-refractivity contribution is -0.142. The van der Waals surface area contributed by atoms with Crippen molar-refractivity contribution in [2.24, 2.45) is 0 Å². The molecular weight excluding hydrogens is 397 g/mol. The van der Waals surface area contributed by atoms with Crippen molar-refractivity contribution < 1.29 is 28.2 Å². The van der Waals surface area contributed by atoms with Crippen LogP contribution in [-0.4, -0.2) is 41.7 Å². The van der Waals surface area contributed by atoms with Crippen LogP contribution < -0.4 is 5.32 Å². The first-order valence-corrected chi connectivity index (χ1v) is 9.96. The number of nitrogens with one attached hydrogen (secondary N) is 1. The predicted octanol–water partition coefficient (Wildman–Crippen LogP) is 4.18. The van der Waals surface area contributed by atoms with Crippen LogP contribution in [0.2, 0.25) is 0 Å². The Hall–Kier alpha value is -2.61. The normalized spacial score (nSPS) is 13.4. The molecule has 2 aromatic rings. The van der Waals surface area contributed by atoms with E-state index in [1.807, 2.05) is 18.2 Å². The summed E-state index contributed by atoms with van der Waals surface area (Å²) in [5.74, 6) is -0.938. The van der Waals surface area contributed by atoms with E-state index in [-0.39, 0.29) is 11.3 Å². The lowest BCUT2D eigenvalue weighted by atomic mass is 10.0. The SMILES string of the molecule is COC(=O)C(CSC(=O)[C@H](F)c1cccc2ccccc12)NC(=O)OC(C)(C)C. The fourth-order valence-corrected chi connectivity index (χ4v) is 3.42. The molecule has 0 bridgehead atoms. The summed E-state index contributed by atoms with van der Waals surface area (Å²) < 4.78 is 24.6. The fraction of sp³-hybridized carbons (Fsp3) is 0.381. The summed E-state index contributed by atoms with van der Waals surface area (Å²) in [6.45, 7) is 5.03. The Bertz CT molecular complexity index is 891. The molecule has 156 valence electrons. The van der Waals surface area contributed by atoms with Crippen molar-refractivity contribution in [1.29, 1.82) is 0 Å². The molecule has 0 aliphatic heterocycles. The topological polar surface area (TPSA) is 81.7 Å². The van der Waals surface area contributed by atoms with Crippen LogP contribution >= 0.6 is 11.8 Å². The largest absolute Gasteiger partial charge is 0.467 e. The van der Waals surface area contributed by atoms with Gasteiger partial charge in [0.2, 0.25) is 5.12 Å². The molecule has 1 unspecified atom stereocenters. The quantitative estimate of drug-likeness (QED) is 0.705. The maximum absolute atomic E-state index is 14.9. The molecule has 1 amide bonds. The molecule has 0 aliphatic carbocycles. The second-order valence-corrected chi connectivity index (χ2v) is 8.31. The second kappa shape index (κ2) is 9.73. The number of alkyl carbamates (subject to hydrolysis) is 1. The number of amides is 1. The van der Waals surface area contributed by atoms with E-state index in [0.29, 0.717) is 17.1 Å². The van der Waals surface area contributed by atoms with Gasteiger partial charge in [-0.25, -0.2) is 14.0 Å². The summed E-state index contributed by atoms with van der Waals surface area (Å²) in [7, 11) is 1.16. The Kier molecular flexibility index (Phi) is 7.61. The van der Waals surface area contributed by atoms with E-state index in [0.717, 1.165) is 12.5 Å². The van der Waals surface area contributed by atoms with Gasteiger partial charge in [-0.05, 0) is 31.5 Å². The van der Waals surface area contributed by atoms with Gasteiger partial charge in [0.1, 0.15) is 11.6 Å². The average molecular weight is 421 g/mol. The number of carbonyl (C=O) groups excluding carboxylic acids is 3. The number of thioether (sulfide) groups is 1. The molecule has 0 saturated heterocycles. The van der Waals surface area contributed by atoms with E-state index < -0.39 is 35.0 Å². The van der Waals surface area contributed by atoms with E-state index in [4.69, 9.17) is 4.74 Å². The van der Waals surface area contributed by atoms with Crippen molar-refractivity contribution in [3.8, 4) is 0 Å². The highest BCUT2D eigenvalue weighted by Crippen LogP contribution is 2.30. The van der Waals surface area contributed by atoms with Crippen LogP contribution in [0.3, 0.4) is 0 Å². The molecule has 0 saturated carbocycles. The Morgan fingerprint density at radius 3 is 2.41 bits per heavy atom. The van der Waals surface area contributed by atoms with Crippen molar-refractivity contribution in [1.82, 2.24) is 5.32 Å². The van der Waals surface area contributed by atoms with Crippen molar-refractivity contribution in [2.75, 3.05) is 12.9 Å². The lowest BCUT2D eigenvalue weighted by Crippen LogP contribution is -2.45. The van der Waals surface area contributed by atoms with Gasteiger partial charge in [-0.3, -0.25) is 4.79 Å². The van der Waals surface area contributed by atoms with Crippen molar-refractivity contribution in [3.05, 3.63) is 48.0 Å². The van der Waals surface area contributed by atoms with Gasteiger partial charge in [0.15, 0.2) is 6.17 Å². The van der Waals surface area contributed by atoms with Gasteiger partial charge in [0, 0.05) is 11.3 Å². The van der Waals surface area contributed by atoms with E-state index in [2.05, 4.69) is 10.1 Å². The zero-order valence-corrected chi connectivity index (χ0v) is 17.5. The zero-order chi connectivity index (χ0) is 21.6. The minimum absolute atomic E-state index is 0.185. The first-order valence-electron chi connectivity index (χ1n) is 8.98. The highest BCUT2D eigenvalue weighted by atomic mass is 32.2. The number of esters is 1. The van der Waals surface area contributed by atoms with Crippen LogP contribution in [0, 0.1) is 0 Å². The number of fused-ring (bicyclic) bond motifs is 1. The number of rotatable bonds is 6. The number of ether oxygens (including phenoxy) is 2. The molecule has 2 aromatic carbocycles. The van der Waals surface area contributed by atoms with Crippen molar-refractivity contribution in [3.63, 3.8) is 0 Å². The molecule has 0 spiro atoms. The highest BCUT2D eigenvalue weighted by Gasteiger charge is 2.28. The smallest absolute Gasteiger partial charge is 0.408 e. The Balaban J connectivity index is 2.07. The number of methoxy groups -OCH3 is 1. The van der Waals surface area contributed by atoms with Crippen LogP contribution in [-0.2, 0) is 19.1 Å². The lowest BCUT2D eigenvalue weighted by Gasteiger charge is -2.22. The summed E-state index contributed by atoms with van der Waals surface area (Å²) in [6.07, 6.45) is -2.70. The van der Waals surface area contributed by atoms with Crippen LogP contribution in [0.5, 0.6) is 0 Å². The number of halogens is 1. The van der Waals surface area contributed by atoms with E-state index in [9.17, 15) is 18.8 Å². The van der Waals surface area contributed by atoms with Gasteiger partial charge in [0.25, 0.3) is 0 Å². The second-order valence-electron chi connectivity index (χ2n) is 7.28. The first kappa shape index (κ1) is 22.7.